The fraction of sp³-hybridized carbons (Fsp3) is 0.900. The second-order valence-electron chi connectivity index (χ2n) is 4.63. The van der Waals surface area contributed by atoms with E-state index < -0.39 is 0 Å². The summed E-state index contributed by atoms with van der Waals surface area (Å²) in [5.74, 6) is 1.04. The summed E-state index contributed by atoms with van der Waals surface area (Å²) >= 11 is 3.39. The van der Waals surface area contributed by atoms with Gasteiger partial charge in [0.1, 0.15) is 0 Å². The molecule has 0 aromatic rings. The lowest BCUT2D eigenvalue weighted by atomic mass is 10.0. The van der Waals surface area contributed by atoms with Gasteiger partial charge in [0, 0.05) is 16.8 Å². The first-order valence-electron chi connectivity index (χ1n) is 4.84. The molecule has 13 heavy (non-hydrogen) atoms. The molecule has 0 aromatic carbocycles. The minimum absolute atomic E-state index is 0.125. The molecule has 0 bridgehead atoms. The first-order chi connectivity index (χ1) is 5.96. The van der Waals surface area contributed by atoms with Crippen LogP contribution in [0.4, 0.5) is 0 Å². The van der Waals surface area contributed by atoms with Crippen molar-refractivity contribution in [2.24, 2.45) is 11.8 Å². The average molecular weight is 248 g/mol. The number of carbonyl (C=O) groups excluding carboxylic acids is 1. The molecule has 0 spiro atoms. The van der Waals surface area contributed by atoms with Crippen LogP contribution in [-0.2, 0) is 4.79 Å². The third-order valence-electron chi connectivity index (χ3n) is 2.54. The molecule has 1 N–H and O–H groups in total. The van der Waals surface area contributed by atoms with Gasteiger partial charge >= 0.3 is 0 Å². The smallest absolute Gasteiger partial charge is 0.223 e. The van der Waals surface area contributed by atoms with Crippen LogP contribution in [0.25, 0.3) is 0 Å². The summed E-state index contributed by atoms with van der Waals surface area (Å²) < 4.78 is 0. The number of carbonyl (C=O) groups is 1. The Morgan fingerprint density at radius 1 is 1.62 bits per heavy atom. The first kappa shape index (κ1) is 11.0. The number of amides is 1. The SMILES string of the molecule is CC(C(=O)NC(C)(C)CBr)C1CC1. The summed E-state index contributed by atoms with van der Waals surface area (Å²) in [5, 5.41) is 3.84. The molecule has 1 atom stereocenters. The highest BCUT2D eigenvalue weighted by atomic mass is 79.9. The van der Waals surface area contributed by atoms with E-state index in [9.17, 15) is 4.79 Å². The highest BCUT2D eigenvalue weighted by molar-refractivity contribution is 9.09. The van der Waals surface area contributed by atoms with Crippen molar-refractivity contribution in [1.82, 2.24) is 5.32 Å². The molecule has 0 radical (unpaired) electrons. The maximum Gasteiger partial charge on any atom is 0.223 e. The van der Waals surface area contributed by atoms with Crippen molar-refractivity contribution >= 4 is 21.8 Å². The van der Waals surface area contributed by atoms with Crippen molar-refractivity contribution in [1.29, 1.82) is 0 Å². The summed E-state index contributed by atoms with van der Waals surface area (Å²) in [7, 11) is 0. The number of hydrogen-bond acceptors (Lipinski definition) is 1. The topological polar surface area (TPSA) is 29.1 Å². The Hall–Kier alpha value is -0.0500. The fourth-order valence-corrected chi connectivity index (χ4v) is 1.43. The van der Waals surface area contributed by atoms with Crippen molar-refractivity contribution in [3.63, 3.8) is 0 Å². The molecule has 2 nitrogen and oxygen atoms in total. The molecule has 1 fully saturated rings. The van der Waals surface area contributed by atoms with Crippen LogP contribution in [0.2, 0.25) is 0 Å². The van der Waals surface area contributed by atoms with Crippen LogP contribution in [0.3, 0.4) is 0 Å². The standard InChI is InChI=1S/C10H18BrNO/c1-7(8-4-5-8)9(13)12-10(2,3)6-11/h7-8H,4-6H2,1-3H3,(H,12,13). The highest BCUT2D eigenvalue weighted by Crippen LogP contribution is 2.36. The van der Waals surface area contributed by atoms with E-state index in [1.54, 1.807) is 0 Å². The van der Waals surface area contributed by atoms with Crippen LogP contribution >= 0.6 is 15.9 Å². The van der Waals surface area contributed by atoms with Crippen molar-refractivity contribution in [3.8, 4) is 0 Å². The van der Waals surface area contributed by atoms with Gasteiger partial charge in [-0.1, -0.05) is 22.9 Å². The van der Waals surface area contributed by atoms with Gasteiger partial charge in [-0.25, -0.2) is 0 Å². The van der Waals surface area contributed by atoms with Crippen molar-refractivity contribution in [2.45, 2.75) is 39.2 Å². The Labute approximate surface area is 88.6 Å². The number of halogens is 1. The van der Waals surface area contributed by atoms with Gasteiger partial charge in [-0.3, -0.25) is 4.79 Å². The number of nitrogens with one attached hydrogen (secondary N) is 1. The summed E-state index contributed by atoms with van der Waals surface area (Å²) in [4.78, 5) is 11.7. The first-order valence-corrected chi connectivity index (χ1v) is 5.96. The highest BCUT2D eigenvalue weighted by Gasteiger charge is 2.34. The largest absolute Gasteiger partial charge is 0.350 e. The van der Waals surface area contributed by atoms with Crippen LogP contribution in [-0.4, -0.2) is 16.8 Å². The van der Waals surface area contributed by atoms with Crippen LogP contribution < -0.4 is 5.32 Å². The molecular weight excluding hydrogens is 230 g/mol. The van der Waals surface area contributed by atoms with E-state index >= 15 is 0 Å². The predicted molar refractivity (Wildman–Crippen MR) is 57.9 cm³/mol. The minimum Gasteiger partial charge on any atom is -0.350 e. The zero-order chi connectivity index (χ0) is 10.1. The molecule has 1 aliphatic carbocycles. The number of alkyl halides is 1. The molecule has 0 aliphatic heterocycles. The van der Waals surface area contributed by atoms with E-state index in [4.69, 9.17) is 0 Å². The van der Waals surface area contributed by atoms with Gasteiger partial charge in [0.15, 0.2) is 0 Å². The molecule has 3 heteroatoms. The summed E-state index contributed by atoms with van der Waals surface area (Å²) in [5.41, 5.74) is -0.125. The maximum atomic E-state index is 11.7. The van der Waals surface area contributed by atoms with E-state index in [2.05, 4.69) is 21.2 Å². The minimum atomic E-state index is -0.125. The Balaban J connectivity index is 2.39. The lowest BCUT2D eigenvalue weighted by Gasteiger charge is -2.25. The Morgan fingerprint density at radius 2 is 2.15 bits per heavy atom. The molecule has 1 unspecified atom stereocenters. The van der Waals surface area contributed by atoms with Gasteiger partial charge in [0.25, 0.3) is 0 Å². The van der Waals surface area contributed by atoms with Crippen LogP contribution in [0, 0.1) is 11.8 Å². The van der Waals surface area contributed by atoms with Gasteiger partial charge in [-0.15, -0.1) is 0 Å². The molecule has 1 rings (SSSR count). The lowest BCUT2D eigenvalue weighted by Crippen LogP contribution is -2.47. The van der Waals surface area contributed by atoms with Gasteiger partial charge < -0.3 is 5.32 Å². The molecule has 1 amide bonds. The molecule has 1 saturated carbocycles. The second kappa shape index (κ2) is 3.99. The predicted octanol–water partition coefficient (Wildman–Crippen LogP) is 2.32. The van der Waals surface area contributed by atoms with E-state index in [1.807, 2.05) is 20.8 Å². The van der Waals surface area contributed by atoms with Crippen LogP contribution in [0.5, 0.6) is 0 Å². The molecule has 0 aromatic heterocycles. The van der Waals surface area contributed by atoms with Crippen molar-refractivity contribution in [2.75, 3.05) is 5.33 Å². The maximum absolute atomic E-state index is 11.7. The van der Waals surface area contributed by atoms with Gasteiger partial charge in [-0.05, 0) is 32.6 Å². The lowest BCUT2D eigenvalue weighted by molar-refractivity contribution is -0.126. The quantitative estimate of drug-likeness (QED) is 0.760. The molecule has 0 saturated heterocycles. The normalized spacial score (nSPS) is 19.7. The Bertz CT molecular complexity index is 199. The summed E-state index contributed by atoms with van der Waals surface area (Å²) in [6.07, 6.45) is 2.45. The second-order valence-corrected chi connectivity index (χ2v) is 5.19. The van der Waals surface area contributed by atoms with Crippen LogP contribution in [0.15, 0.2) is 0 Å². The Kier molecular flexibility index (Phi) is 3.38. The van der Waals surface area contributed by atoms with Crippen molar-refractivity contribution < 1.29 is 4.79 Å². The van der Waals surface area contributed by atoms with Crippen LogP contribution in [0.1, 0.15) is 33.6 Å². The van der Waals surface area contributed by atoms with Gasteiger partial charge in [0.2, 0.25) is 5.91 Å². The molecule has 0 heterocycles. The van der Waals surface area contributed by atoms with Gasteiger partial charge in [0.05, 0.1) is 0 Å². The molecular formula is C10H18BrNO. The molecule has 76 valence electrons. The molecule has 1 aliphatic rings. The average Bonchev–Trinajstić information content (AvgIpc) is 2.85. The number of hydrogen-bond donors (Lipinski definition) is 1. The van der Waals surface area contributed by atoms with Crippen molar-refractivity contribution in [3.05, 3.63) is 0 Å². The van der Waals surface area contributed by atoms with E-state index in [-0.39, 0.29) is 17.4 Å². The van der Waals surface area contributed by atoms with E-state index in [0.717, 1.165) is 5.33 Å². The van der Waals surface area contributed by atoms with Gasteiger partial charge in [-0.2, -0.15) is 0 Å². The Morgan fingerprint density at radius 3 is 2.54 bits per heavy atom. The number of rotatable bonds is 4. The summed E-state index contributed by atoms with van der Waals surface area (Å²) in [6.45, 7) is 6.08. The fourth-order valence-electron chi connectivity index (χ4n) is 1.29. The van der Waals surface area contributed by atoms with E-state index in [1.165, 1.54) is 12.8 Å². The summed E-state index contributed by atoms with van der Waals surface area (Å²) in [6, 6.07) is 0. The third-order valence-corrected chi connectivity index (χ3v) is 3.94. The zero-order valence-electron chi connectivity index (χ0n) is 8.56. The zero-order valence-corrected chi connectivity index (χ0v) is 10.1. The third kappa shape index (κ3) is 3.29. The monoisotopic (exact) mass is 247 g/mol. The van der Waals surface area contributed by atoms with E-state index in [0.29, 0.717) is 5.92 Å².